The molecule has 0 aliphatic carbocycles. The number of rotatable bonds is 23. The third-order valence-electron chi connectivity index (χ3n) is 8.43. The molecule has 0 aliphatic rings. The van der Waals surface area contributed by atoms with Gasteiger partial charge in [0.25, 0.3) is 0 Å². The van der Waals surface area contributed by atoms with Gasteiger partial charge in [0.05, 0.1) is 38.9 Å². The maximum Gasteiger partial charge on any atom is 0.161 e. The van der Waals surface area contributed by atoms with Gasteiger partial charge in [0.1, 0.15) is 5.75 Å². The van der Waals surface area contributed by atoms with Crippen LogP contribution in [0.5, 0.6) is 17.2 Å². The van der Waals surface area contributed by atoms with Crippen LogP contribution in [0.1, 0.15) is 114 Å². The fourth-order valence-electron chi connectivity index (χ4n) is 5.86. The number of azo groups is 1. The molecule has 0 heterocycles. The van der Waals surface area contributed by atoms with Crippen molar-refractivity contribution < 1.29 is 14.2 Å². The number of ether oxygens (including phenoxy) is 3. The van der Waals surface area contributed by atoms with Gasteiger partial charge in [0.15, 0.2) is 11.5 Å². The van der Waals surface area contributed by atoms with E-state index >= 15 is 0 Å². The first-order chi connectivity index (χ1) is 20.5. The Hall–Kier alpha value is -2.78. The van der Waals surface area contributed by atoms with Crippen molar-refractivity contribution in [3.8, 4) is 23.3 Å². The van der Waals surface area contributed by atoms with Crippen molar-refractivity contribution >= 4 is 12.4 Å². The summed E-state index contributed by atoms with van der Waals surface area (Å²) in [5.74, 6) is 2.24. The third-order valence-corrected chi connectivity index (χ3v) is 8.43. The Labute approximate surface area is 268 Å². The van der Waals surface area contributed by atoms with E-state index in [-0.39, 0.29) is 18.4 Å². The van der Waals surface area contributed by atoms with Crippen molar-refractivity contribution in [2.45, 2.75) is 121 Å². The summed E-state index contributed by atoms with van der Waals surface area (Å²) >= 11 is 0. The second kappa shape index (κ2) is 22.7. The van der Waals surface area contributed by atoms with Crippen LogP contribution in [0.3, 0.4) is 0 Å². The van der Waals surface area contributed by atoms with Gasteiger partial charge in [-0.3, -0.25) is 0 Å². The zero-order chi connectivity index (χ0) is 30.5. The first-order valence-corrected chi connectivity index (χ1v) is 16.1. The lowest BCUT2D eigenvalue weighted by Crippen LogP contribution is -2.25. The zero-order valence-corrected chi connectivity index (χ0v) is 28.2. The molecular formula is C36H56ClN3O3. The minimum atomic E-state index is -0.569. The molecule has 2 aromatic rings. The van der Waals surface area contributed by atoms with Crippen molar-refractivity contribution in [3.63, 3.8) is 0 Å². The Morgan fingerprint density at radius 3 is 2.02 bits per heavy atom. The van der Waals surface area contributed by atoms with E-state index in [1.807, 2.05) is 30.3 Å². The molecule has 2 unspecified atom stereocenters. The molecule has 0 amide bonds. The van der Waals surface area contributed by atoms with Gasteiger partial charge in [-0.15, -0.1) is 12.4 Å². The largest absolute Gasteiger partial charge is 0.497 e. The van der Waals surface area contributed by atoms with Crippen molar-refractivity contribution in [3.05, 3.63) is 53.6 Å². The van der Waals surface area contributed by atoms with Gasteiger partial charge >= 0.3 is 0 Å². The molecule has 43 heavy (non-hydrogen) atoms. The number of nitrogens with zero attached hydrogens (tertiary/aromatic N) is 3. The molecule has 2 aromatic carbocycles. The van der Waals surface area contributed by atoms with Crippen molar-refractivity contribution in [2.24, 2.45) is 10.2 Å². The van der Waals surface area contributed by atoms with E-state index in [1.165, 1.54) is 63.4 Å². The maximum atomic E-state index is 10.7. The number of unbranched alkanes of at least 4 members (excludes halogenated alkanes) is 9. The normalized spacial score (nSPS) is 13.1. The smallest absolute Gasteiger partial charge is 0.161 e. The minimum absolute atomic E-state index is 0. The first kappa shape index (κ1) is 38.2. The summed E-state index contributed by atoms with van der Waals surface area (Å²) in [6.45, 7) is 2.27. The summed E-state index contributed by atoms with van der Waals surface area (Å²) in [6.07, 6.45) is 18.1. The molecule has 6 nitrogen and oxygen atoms in total. The van der Waals surface area contributed by atoms with Gasteiger partial charge in [-0.05, 0) is 73.9 Å². The van der Waals surface area contributed by atoms with E-state index in [0.29, 0.717) is 11.5 Å². The Balaban J connectivity index is 0.00000924. The van der Waals surface area contributed by atoms with E-state index in [0.717, 1.165) is 56.3 Å². The van der Waals surface area contributed by atoms with E-state index in [4.69, 9.17) is 14.2 Å². The third kappa shape index (κ3) is 13.6. The van der Waals surface area contributed by atoms with Gasteiger partial charge in [-0.1, -0.05) is 89.3 Å². The van der Waals surface area contributed by atoms with Gasteiger partial charge in [0, 0.05) is 7.05 Å². The number of benzene rings is 2. The molecule has 0 radical (unpaired) electrons. The monoisotopic (exact) mass is 613 g/mol. The Kier molecular flexibility index (Phi) is 20.2. The second-order valence-electron chi connectivity index (χ2n) is 11.4. The number of nitriles is 1. The van der Waals surface area contributed by atoms with E-state index in [1.54, 1.807) is 28.4 Å². The molecule has 0 saturated carbocycles. The average molecular weight is 614 g/mol. The summed E-state index contributed by atoms with van der Waals surface area (Å²) in [6, 6.07) is 17.1. The van der Waals surface area contributed by atoms with Crippen LogP contribution in [0, 0.1) is 11.3 Å². The number of aryl methyl sites for hydroxylation is 1. The van der Waals surface area contributed by atoms with Crippen LogP contribution in [0.2, 0.25) is 0 Å². The van der Waals surface area contributed by atoms with E-state index in [2.05, 4.69) is 35.4 Å². The highest BCUT2D eigenvalue weighted by molar-refractivity contribution is 5.85. The molecular weight excluding hydrogens is 558 g/mol. The van der Waals surface area contributed by atoms with Crippen LogP contribution >= 0.6 is 12.4 Å². The molecule has 0 bridgehead atoms. The standard InChI is InChI=1S/C36H55N3O3.ClH/c1-6-7-8-9-10-11-12-13-14-15-25-36(29-37,31-22-24-34(41-4)35(28-31)42-5)26-17-19-32(39-38-2)23-21-30-18-16-20-33(27-30)40-3;/h16,18,20,22,24,27-28,32H,6-15,17,19,21,23,25-26H2,1-5H3;1H. The first-order valence-electron chi connectivity index (χ1n) is 16.1. The highest BCUT2D eigenvalue weighted by Crippen LogP contribution is 2.40. The second-order valence-corrected chi connectivity index (χ2v) is 11.4. The van der Waals surface area contributed by atoms with Gasteiger partial charge in [0.2, 0.25) is 0 Å². The van der Waals surface area contributed by atoms with Crippen molar-refractivity contribution in [2.75, 3.05) is 28.4 Å². The topological polar surface area (TPSA) is 76.2 Å². The Morgan fingerprint density at radius 1 is 0.767 bits per heavy atom. The zero-order valence-electron chi connectivity index (χ0n) is 27.4. The lowest BCUT2D eigenvalue weighted by atomic mass is 9.73. The quantitative estimate of drug-likeness (QED) is 0.0922. The van der Waals surface area contributed by atoms with Crippen LogP contribution in [0.4, 0.5) is 0 Å². The summed E-state index contributed by atoms with van der Waals surface area (Å²) < 4.78 is 16.5. The molecule has 2 rings (SSSR count). The fraction of sp³-hybridized carbons (Fsp3) is 0.639. The van der Waals surface area contributed by atoms with E-state index < -0.39 is 5.41 Å². The molecule has 2 atom stereocenters. The molecule has 240 valence electrons. The summed E-state index contributed by atoms with van der Waals surface area (Å²) in [5.41, 5.74) is 1.69. The Bertz CT molecular complexity index is 1090. The predicted octanol–water partition coefficient (Wildman–Crippen LogP) is 10.5. The SMILES string of the molecule is CCCCCCCCCCCCC(C#N)(CCCC(CCc1cccc(OC)c1)N=NC)c1ccc(OC)c(OC)c1.Cl. The molecule has 0 fully saturated rings. The summed E-state index contributed by atoms with van der Waals surface area (Å²) in [5, 5.41) is 19.3. The Morgan fingerprint density at radius 2 is 1.42 bits per heavy atom. The molecule has 0 N–H and O–H groups in total. The number of methoxy groups -OCH3 is 3. The molecule has 0 aliphatic heterocycles. The number of halogens is 1. The van der Waals surface area contributed by atoms with Gasteiger partial charge in [-0.25, -0.2) is 0 Å². The molecule has 7 heteroatoms. The predicted molar refractivity (Wildman–Crippen MR) is 180 cm³/mol. The highest BCUT2D eigenvalue weighted by Gasteiger charge is 2.32. The highest BCUT2D eigenvalue weighted by atomic mass is 35.5. The van der Waals surface area contributed by atoms with Crippen LogP contribution in [0.25, 0.3) is 0 Å². The lowest BCUT2D eigenvalue weighted by Gasteiger charge is -2.28. The van der Waals surface area contributed by atoms with E-state index in [9.17, 15) is 5.26 Å². The van der Waals surface area contributed by atoms with Crippen molar-refractivity contribution in [1.29, 1.82) is 5.26 Å². The summed E-state index contributed by atoms with van der Waals surface area (Å²) in [4.78, 5) is 0. The average Bonchev–Trinajstić information content (AvgIpc) is 3.03. The molecule has 0 spiro atoms. The van der Waals surface area contributed by atoms with Crippen LogP contribution in [0.15, 0.2) is 52.7 Å². The maximum absolute atomic E-state index is 10.7. The molecule has 0 saturated heterocycles. The van der Waals surface area contributed by atoms with Gasteiger partial charge < -0.3 is 14.2 Å². The van der Waals surface area contributed by atoms with Crippen LogP contribution in [-0.2, 0) is 11.8 Å². The van der Waals surface area contributed by atoms with Crippen LogP contribution < -0.4 is 14.2 Å². The number of hydrogen-bond donors (Lipinski definition) is 0. The lowest BCUT2D eigenvalue weighted by molar-refractivity contribution is 0.351. The molecule has 0 aromatic heterocycles. The van der Waals surface area contributed by atoms with Gasteiger partial charge in [-0.2, -0.15) is 15.5 Å². The fourth-order valence-corrected chi connectivity index (χ4v) is 5.86. The van der Waals surface area contributed by atoms with Crippen LogP contribution in [-0.4, -0.2) is 34.4 Å². The van der Waals surface area contributed by atoms with Crippen molar-refractivity contribution in [1.82, 2.24) is 0 Å². The summed E-state index contributed by atoms with van der Waals surface area (Å²) in [7, 11) is 6.74. The number of hydrogen-bond acceptors (Lipinski definition) is 6. The minimum Gasteiger partial charge on any atom is -0.497 e.